The molecule has 0 rings (SSSR count). The molecule has 0 spiro atoms. The second-order valence-corrected chi connectivity index (χ2v) is 3.17. The number of hydrogen-bond donors (Lipinski definition) is 0. The normalized spacial score (nSPS) is 12.8. The van der Waals surface area contributed by atoms with Gasteiger partial charge in [0.05, 0.1) is 0 Å². The number of rotatable bonds is 5. The predicted molar refractivity (Wildman–Crippen MR) is 56.2 cm³/mol. The number of halogens is 1. The van der Waals surface area contributed by atoms with E-state index in [1.807, 2.05) is 0 Å². The molecule has 0 radical (unpaired) electrons. The summed E-state index contributed by atoms with van der Waals surface area (Å²) in [5.41, 5.74) is 1.45. The van der Waals surface area contributed by atoms with Crippen molar-refractivity contribution in [3.05, 3.63) is 23.8 Å². The molecule has 1 heteroatoms. The van der Waals surface area contributed by atoms with E-state index >= 15 is 0 Å². The van der Waals surface area contributed by atoms with Crippen molar-refractivity contribution in [1.29, 1.82) is 0 Å². The summed E-state index contributed by atoms with van der Waals surface area (Å²) in [5, 5.41) is 0.955. The van der Waals surface area contributed by atoms with Gasteiger partial charge in [-0.25, -0.2) is 0 Å². The van der Waals surface area contributed by atoms with Gasteiger partial charge in [-0.2, -0.15) is 0 Å². The number of hydrogen-bond acceptors (Lipinski definition) is 0. The quantitative estimate of drug-likeness (QED) is 0.481. The van der Waals surface area contributed by atoms with E-state index in [0.29, 0.717) is 0 Å². The van der Waals surface area contributed by atoms with E-state index in [0.717, 1.165) is 5.33 Å². The lowest BCUT2D eigenvalue weighted by Crippen LogP contribution is -1.78. The highest BCUT2D eigenvalue weighted by Crippen LogP contribution is 2.08. The summed E-state index contributed by atoms with van der Waals surface area (Å²) in [7, 11) is 0. The SMILES string of the molecule is C/C=C(\C=C/CBr)CCCC. The second kappa shape index (κ2) is 8.06. The Bertz CT molecular complexity index is 134. The largest absolute Gasteiger partial charge is 0.0883 e. The lowest BCUT2D eigenvalue weighted by atomic mass is 10.1. The topological polar surface area (TPSA) is 0 Å². The van der Waals surface area contributed by atoms with E-state index in [1.165, 1.54) is 24.8 Å². The molecule has 0 amide bonds. The average Bonchev–Trinajstić information content (AvgIpc) is 2.05. The van der Waals surface area contributed by atoms with Gasteiger partial charge in [0, 0.05) is 5.33 Å². The van der Waals surface area contributed by atoms with Crippen LogP contribution in [-0.4, -0.2) is 5.33 Å². The minimum absolute atomic E-state index is 0.955. The smallest absolute Gasteiger partial charge is 0.0215 e. The van der Waals surface area contributed by atoms with Crippen LogP contribution in [0.5, 0.6) is 0 Å². The Hall–Kier alpha value is -0.0400. The van der Waals surface area contributed by atoms with Crippen molar-refractivity contribution in [3.63, 3.8) is 0 Å². The Morgan fingerprint density at radius 1 is 1.45 bits per heavy atom. The van der Waals surface area contributed by atoms with Crippen LogP contribution in [-0.2, 0) is 0 Å². The number of unbranched alkanes of at least 4 members (excludes halogenated alkanes) is 1. The van der Waals surface area contributed by atoms with Gasteiger partial charge in [-0.05, 0) is 19.8 Å². The molecule has 0 heterocycles. The van der Waals surface area contributed by atoms with Gasteiger partial charge in [-0.15, -0.1) is 0 Å². The zero-order valence-electron chi connectivity index (χ0n) is 7.44. The highest BCUT2D eigenvalue weighted by molar-refractivity contribution is 9.09. The summed E-state index contributed by atoms with van der Waals surface area (Å²) in [6.45, 7) is 4.32. The first-order valence-corrected chi connectivity index (χ1v) is 5.35. The molecule has 0 unspecified atom stereocenters. The summed E-state index contributed by atoms with van der Waals surface area (Å²) in [4.78, 5) is 0. The maximum Gasteiger partial charge on any atom is 0.0215 e. The van der Waals surface area contributed by atoms with Gasteiger partial charge in [0.15, 0.2) is 0 Å². The molecular formula is C10H17Br. The first-order valence-electron chi connectivity index (χ1n) is 4.22. The van der Waals surface area contributed by atoms with Gasteiger partial charge in [0.1, 0.15) is 0 Å². The first kappa shape index (κ1) is 11.0. The highest BCUT2D eigenvalue weighted by Gasteiger charge is 1.88. The van der Waals surface area contributed by atoms with Crippen molar-refractivity contribution < 1.29 is 0 Å². The Balaban J connectivity index is 3.68. The van der Waals surface area contributed by atoms with Crippen molar-refractivity contribution >= 4 is 15.9 Å². The molecule has 0 N–H and O–H groups in total. The fourth-order valence-electron chi connectivity index (χ4n) is 0.901. The molecule has 0 nitrogen and oxygen atoms in total. The van der Waals surface area contributed by atoms with E-state index in [-0.39, 0.29) is 0 Å². The summed E-state index contributed by atoms with van der Waals surface area (Å²) >= 11 is 3.36. The van der Waals surface area contributed by atoms with Crippen LogP contribution in [0.2, 0.25) is 0 Å². The average molecular weight is 217 g/mol. The summed E-state index contributed by atoms with van der Waals surface area (Å²) < 4.78 is 0. The van der Waals surface area contributed by atoms with Crippen molar-refractivity contribution in [3.8, 4) is 0 Å². The molecule has 0 saturated carbocycles. The fourth-order valence-corrected chi connectivity index (χ4v) is 1.09. The molecular weight excluding hydrogens is 200 g/mol. The highest BCUT2D eigenvalue weighted by atomic mass is 79.9. The van der Waals surface area contributed by atoms with Gasteiger partial charge in [-0.3, -0.25) is 0 Å². The zero-order chi connectivity index (χ0) is 8.53. The Kier molecular flexibility index (Phi) is 8.03. The van der Waals surface area contributed by atoms with E-state index in [1.54, 1.807) is 0 Å². The third-order valence-electron chi connectivity index (χ3n) is 1.61. The zero-order valence-corrected chi connectivity index (χ0v) is 9.02. The number of alkyl halides is 1. The summed E-state index contributed by atoms with van der Waals surface area (Å²) in [6.07, 6.45) is 10.3. The van der Waals surface area contributed by atoms with Crippen LogP contribution in [0.1, 0.15) is 33.1 Å². The van der Waals surface area contributed by atoms with Gasteiger partial charge >= 0.3 is 0 Å². The number of allylic oxidation sites excluding steroid dienone is 4. The van der Waals surface area contributed by atoms with Crippen LogP contribution in [0.4, 0.5) is 0 Å². The first-order chi connectivity index (χ1) is 5.35. The van der Waals surface area contributed by atoms with Gasteiger partial charge in [0.2, 0.25) is 0 Å². The summed E-state index contributed by atoms with van der Waals surface area (Å²) in [6, 6.07) is 0. The molecule has 0 saturated heterocycles. The Morgan fingerprint density at radius 2 is 2.18 bits per heavy atom. The minimum atomic E-state index is 0.955. The van der Waals surface area contributed by atoms with Crippen LogP contribution in [0.25, 0.3) is 0 Å². The van der Waals surface area contributed by atoms with E-state index in [9.17, 15) is 0 Å². The molecule has 0 aliphatic heterocycles. The van der Waals surface area contributed by atoms with Crippen LogP contribution in [0, 0.1) is 0 Å². The van der Waals surface area contributed by atoms with Crippen molar-refractivity contribution in [1.82, 2.24) is 0 Å². The van der Waals surface area contributed by atoms with Gasteiger partial charge in [-0.1, -0.05) is 53.1 Å². The molecule has 0 fully saturated rings. The van der Waals surface area contributed by atoms with E-state index in [2.05, 4.69) is 48.0 Å². The third kappa shape index (κ3) is 6.36. The van der Waals surface area contributed by atoms with Crippen molar-refractivity contribution in [2.75, 3.05) is 5.33 Å². The van der Waals surface area contributed by atoms with Crippen LogP contribution < -0.4 is 0 Å². The maximum absolute atomic E-state index is 3.36. The third-order valence-corrected chi connectivity index (χ3v) is 1.98. The molecule has 0 aliphatic rings. The second-order valence-electron chi connectivity index (χ2n) is 2.52. The van der Waals surface area contributed by atoms with Crippen molar-refractivity contribution in [2.45, 2.75) is 33.1 Å². The summed E-state index contributed by atoms with van der Waals surface area (Å²) in [5.74, 6) is 0. The standard InChI is InChI=1S/C10H17Br/c1-3-5-7-10(4-2)8-6-9-11/h4,6,8H,3,5,7,9H2,1-2H3/b8-6-,10-4-. The maximum atomic E-state index is 3.36. The molecule has 0 aliphatic carbocycles. The molecule has 64 valence electrons. The lowest BCUT2D eigenvalue weighted by molar-refractivity contribution is 0.797. The van der Waals surface area contributed by atoms with Crippen molar-refractivity contribution in [2.24, 2.45) is 0 Å². The van der Waals surface area contributed by atoms with Crippen LogP contribution in [0.15, 0.2) is 23.8 Å². The lowest BCUT2D eigenvalue weighted by Gasteiger charge is -1.97. The van der Waals surface area contributed by atoms with Crippen LogP contribution >= 0.6 is 15.9 Å². The van der Waals surface area contributed by atoms with Gasteiger partial charge in [0.25, 0.3) is 0 Å². The fraction of sp³-hybridized carbons (Fsp3) is 0.600. The van der Waals surface area contributed by atoms with E-state index in [4.69, 9.17) is 0 Å². The molecule has 0 atom stereocenters. The molecule has 11 heavy (non-hydrogen) atoms. The Labute approximate surface area is 78.5 Å². The Morgan fingerprint density at radius 3 is 2.64 bits per heavy atom. The van der Waals surface area contributed by atoms with E-state index < -0.39 is 0 Å². The van der Waals surface area contributed by atoms with Gasteiger partial charge < -0.3 is 0 Å². The van der Waals surface area contributed by atoms with Crippen LogP contribution in [0.3, 0.4) is 0 Å². The molecule has 0 aromatic carbocycles. The minimum Gasteiger partial charge on any atom is -0.0883 e. The molecule has 0 aromatic heterocycles. The molecule has 0 bridgehead atoms. The predicted octanol–water partition coefficient (Wildman–Crippen LogP) is 4.07. The monoisotopic (exact) mass is 216 g/mol. The molecule has 0 aromatic rings.